The summed E-state index contributed by atoms with van der Waals surface area (Å²) in [6, 6.07) is -0.926. The fraction of sp³-hybridized carbons (Fsp3) is 0.857. The molecule has 1 fully saturated rings. The average molecular weight is 286 g/mol. The zero-order valence-corrected chi connectivity index (χ0v) is 12.9. The topological polar surface area (TPSA) is 102 Å². The summed E-state index contributed by atoms with van der Waals surface area (Å²) < 4.78 is 5.56. The van der Waals surface area contributed by atoms with Gasteiger partial charge < -0.3 is 20.9 Å². The minimum atomic E-state index is -1.09. The summed E-state index contributed by atoms with van der Waals surface area (Å²) in [4.78, 5) is 23.5. The smallest absolute Gasteiger partial charge is 0.326 e. The van der Waals surface area contributed by atoms with Crippen molar-refractivity contribution in [2.24, 2.45) is 17.1 Å². The Balaban J connectivity index is 2.80. The lowest BCUT2D eigenvalue weighted by Gasteiger charge is -2.57. The quantitative estimate of drug-likeness (QED) is 0.668. The molecule has 0 aromatic heterocycles. The molecule has 3 atom stereocenters. The fourth-order valence-corrected chi connectivity index (χ4v) is 2.60. The molecule has 4 N–H and O–H groups in total. The van der Waals surface area contributed by atoms with Crippen molar-refractivity contribution in [3.63, 3.8) is 0 Å². The van der Waals surface area contributed by atoms with E-state index in [1.54, 1.807) is 13.8 Å². The number of nitrogens with two attached hydrogens (primary N) is 1. The van der Waals surface area contributed by atoms with Crippen molar-refractivity contribution < 1.29 is 19.4 Å². The van der Waals surface area contributed by atoms with Gasteiger partial charge in [-0.3, -0.25) is 4.79 Å². The van der Waals surface area contributed by atoms with Crippen LogP contribution in [0.5, 0.6) is 0 Å². The number of carbonyl (C=O) groups excluding carboxylic acids is 1. The number of hydrogen-bond donors (Lipinski definition) is 3. The summed E-state index contributed by atoms with van der Waals surface area (Å²) >= 11 is 0. The highest BCUT2D eigenvalue weighted by Crippen LogP contribution is 2.49. The first-order valence-electron chi connectivity index (χ1n) is 7.02. The summed E-state index contributed by atoms with van der Waals surface area (Å²) in [7, 11) is 0. The van der Waals surface area contributed by atoms with E-state index >= 15 is 0 Å². The van der Waals surface area contributed by atoms with Crippen LogP contribution >= 0.6 is 0 Å². The number of carboxylic acid groups (broad SMARTS) is 1. The van der Waals surface area contributed by atoms with Crippen molar-refractivity contribution in [2.75, 3.05) is 6.61 Å². The van der Waals surface area contributed by atoms with Gasteiger partial charge in [0.05, 0.1) is 6.10 Å². The van der Waals surface area contributed by atoms with E-state index in [4.69, 9.17) is 15.6 Å². The Morgan fingerprint density at radius 1 is 1.45 bits per heavy atom. The lowest BCUT2D eigenvalue weighted by molar-refractivity contribution is -0.172. The molecule has 2 unspecified atom stereocenters. The third-order valence-electron chi connectivity index (χ3n) is 4.45. The Hall–Kier alpha value is -1.14. The molecular weight excluding hydrogens is 260 g/mol. The third kappa shape index (κ3) is 2.67. The molecule has 1 aliphatic rings. The zero-order valence-electron chi connectivity index (χ0n) is 12.9. The van der Waals surface area contributed by atoms with Gasteiger partial charge >= 0.3 is 5.97 Å². The normalized spacial score (nSPS) is 29.6. The third-order valence-corrected chi connectivity index (χ3v) is 4.45. The second-order valence-electron chi connectivity index (χ2n) is 6.37. The van der Waals surface area contributed by atoms with Gasteiger partial charge in [0.1, 0.15) is 11.6 Å². The van der Waals surface area contributed by atoms with Gasteiger partial charge in [0.15, 0.2) is 0 Å². The monoisotopic (exact) mass is 286 g/mol. The maximum Gasteiger partial charge on any atom is 0.326 e. The standard InChI is InChI=1S/C14H26N2O4/c1-6-20-9-7-14(15,13(9,4)5)12(19)16-10(8(2)3)11(17)18/h8-10H,6-7,15H2,1-5H3,(H,16,19)(H,17,18)/t9?,10-,14?/m0/s1. The molecule has 1 aliphatic carbocycles. The number of carboxylic acids is 1. The minimum Gasteiger partial charge on any atom is -0.480 e. The number of carbonyl (C=O) groups is 2. The molecule has 0 aliphatic heterocycles. The number of amides is 1. The van der Waals surface area contributed by atoms with Crippen LogP contribution in [-0.2, 0) is 14.3 Å². The maximum absolute atomic E-state index is 12.4. The molecule has 0 spiro atoms. The Labute approximate surface area is 120 Å². The van der Waals surface area contributed by atoms with E-state index in [2.05, 4.69) is 5.32 Å². The SMILES string of the molecule is CCOC1CC(N)(C(=O)N[C@H](C(=O)O)C(C)C)C1(C)C. The number of aliphatic carboxylic acids is 1. The van der Waals surface area contributed by atoms with Crippen molar-refractivity contribution in [3.05, 3.63) is 0 Å². The molecule has 20 heavy (non-hydrogen) atoms. The van der Waals surface area contributed by atoms with Gasteiger partial charge in [0.25, 0.3) is 0 Å². The highest BCUT2D eigenvalue weighted by molar-refractivity contribution is 5.92. The highest BCUT2D eigenvalue weighted by Gasteiger charge is 2.63. The van der Waals surface area contributed by atoms with Crippen molar-refractivity contribution in [3.8, 4) is 0 Å². The van der Waals surface area contributed by atoms with E-state index in [1.165, 1.54) is 0 Å². The minimum absolute atomic E-state index is 0.0782. The van der Waals surface area contributed by atoms with Gasteiger partial charge in [-0.2, -0.15) is 0 Å². The predicted molar refractivity (Wildman–Crippen MR) is 75.1 cm³/mol. The second-order valence-corrected chi connectivity index (χ2v) is 6.37. The van der Waals surface area contributed by atoms with E-state index < -0.39 is 28.9 Å². The molecule has 1 amide bonds. The number of ether oxygens (including phenoxy) is 1. The molecule has 1 rings (SSSR count). The lowest BCUT2D eigenvalue weighted by Crippen LogP contribution is -2.76. The van der Waals surface area contributed by atoms with Crippen LogP contribution in [0, 0.1) is 11.3 Å². The largest absolute Gasteiger partial charge is 0.480 e. The molecule has 0 saturated heterocycles. The van der Waals surface area contributed by atoms with Crippen LogP contribution in [0.1, 0.15) is 41.0 Å². The summed E-state index contributed by atoms with van der Waals surface area (Å²) in [6.07, 6.45) is 0.329. The Morgan fingerprint density at radius 2 is 2.00 bits per heavy atom. The Morgan fingerprint density at radius 3 is 2.35 bits per heavy atom. The van der Waals surface area contributed by atoms with Crippen LogP contribution in [0.2, 0.25) is 0 Å². The van der Waals surface area contributed by atoms with Crippen LogP contribution < -0.4 is 11.1 Å². The van der Waals surface area contributed by atoms with Crippen LogP contribution in [0.4, 0.5) is 0 Å². The molecule has 1 saturated carbocycles. The van der Waals surface area contributed by atoms with Gasteiger partial charge in [0.2, 0.25) is 5.91 Å². The molecule has 0 heterocycles. The zero-order chi connectivity index (χ0) is 15.7. The molecular formula is C14H26N2O4. The summed E-state index contributed by atoms with van der Waals surface area (Å²) in [5.74, 6) is -1.67. The molecule has 0 radical (unpaired) electrons. The fourth-order valence-electron chi connectivity index (χ4n) is 2.60. The first-order valence-corrected chi connectivity index (χ1v) is 7.02. The van der Waals surface area contributed by atoms with E-state index in [0.717, 1.165) is 0 Å². The average Bonchev–Trinajstić information content (AvgIpc) is 2.34. The van der Waals surface area contributed by atoms with Crippen LogP contribution in [0.3, 0.4) is 0 Å². The van der Waals surface area contributed by atoms with Gasteiger partial charge in [-0.15, -0.1) is 0 Å². The van der Waals surface area contributed by atoms with E-state index in [0.29, 0.717) is 13.0 Å². The first-order chi connectivity index (χ1) is 9.07. The van der Waals surface area contributed by atoms with Gasteiger partial charge in [0, 0.05) is 18.4 Å². The van der Waals surface area contributed by atoms with Gasteiger partial charge in [-0.05, 0) is 12.8 Å². The number of nitrogens with one attached hydrogen (secondary N) is 1. The van der Waals surface area contributed by atoms with Crippen LogP contribution in [-0.4, -0.2) is 41.3 Å². The second kappa shape index (κ2) is 5.69. The van der Waals surface area contributed by atoms with Crippen LogP contribution in [0.25, 0.3) is 0 Å². The molecule has 116 valence electrons. The van der Waals surface area contributed by atoms with Crippen molar-refractivity contribution in [2.45, 2.75) is 58.7 Å². The molecule has 0 bridgehead atoms. The van der Waals surface area contributed by atoms with Crippen molar-refractivity contribution >= 4 is 11.9 Å². The molecule has 6 nitrogen and oxygen atoms in total. The Bertz CT molecular complexity index is 395. The lowest BCUT2D eigenvalue weighted by atomic mass is 9.54. The number of hydrogen-bond acceptors (Lipinski definition) is 4. The molecule has 0 aromatic carbocycles. The van der Waals surface area contributed by atoms with Crippen LogP contribution in [0.15, 0.2) is 0 Å². The maximum atomic E-state index is 12.4. The van der Waals surface area contributed by atoms with E-state index in [1.807, 2.05) is 20.8 Å². The van der Waals surface area contributed by atoms with Crippen molar-refractivity contribution in [1.82, 2.24) is 5.32 Å². The van der Waals surface area contributed by atoms with Gasteiger partial charge in [-0.25, -0.2) is 4.79 Å². The summed E-state index contributed by atoms with van der Waals surface area (Å²) in [5.41, 5.74) is 4.60. The number of rotatable bonds is 6. The van der Waals surface area contributed by atoms with E-state index in [-0.39, 0.29) is 12.0 Å². The predicted octanol–water partition coefficient (Wildman–Crippen LogP) is 0.744. The Kier molecular flexibility index (Phi) is 4.82. The summed E-state index contributed by atoms with van der Waals surface area (Å²) in [6.45, 7) is 9.71. The highest BCUT2D eigenvalue weighted by atomic mass is 16.5. The summed E-state index contributed by atoms with van der Waals surface area (Å²) in [5, 5.41) is 11.7. The van der Waals surface area contributed by atoms with Crippen molar-refractivity contribution in [1.29, 1.82) is 0 Å². The van der Waals surface area contributed by atoms with E-state index in [9.17, 15) is 9.59 Å². The van der Waals surface area contributed by atoms with Gasteiger partial charge in [-0.1, -0.05) is 27.7 Å². The first kappa shape index (κ1) is 16.9. The molecule has 6 heteroatoms. The molecule has 0 aromatic rings.